The van der Waals surface area contributed by atoms with Crippen LogP contribution in [-0.2, 0) is 0 Å². The lowest BCUT2D eigenvalue weighted by Crippen LogP contribution is -2.17. The Labute approximate surface area is 157 Å². The molecule has 5 nitrogen and oxygen atoms in total. The van der Waals surface area contributed by atoms with Gasteiger partial charge in [0.15, 0.2) is 17.3 Å². The van der Waals surface area contributed by atoms with Gasteiger partial charge in [0, 0.05) is 18.0 Å². The molecule has 0 atom stereocenters. The van der Waals surface area contributed by atoms with Gasteiger partial charge in [0.25, 0.3) is 0 Å². The van der Waals surface area contributed by atoms with Crippen molar-refractivity contribution >= 4 is 30.1 Å². The van der Waals surface area contributed by atoms with E-state index in [1.54, 1.807) is 12.1 Å². The SMILES string of the molecule is COc1c(O)c(Cl)cc(C=C2N=CC=N2)c1-c1cccc(OC(F)(F)F)c1. The summed E-state index contributed by atoms with van der Waals surface area (Å²) in [6, 6.07) is 6.75. The molecule has 1 aliphatic heterocycles. The van der Waals surface area contributed by atoms with Crippen LogP contribution < -0.4 is 9.47 Å². The van der Waals surface area contributed by atoms with Crippen molar-refractivity contribution in [1.82, 2.24) is 0 Å². The van der Waals surface area contributed by atoms with Crippen molar-refractivity contribution in [3.8, 4) is 28.4 Å². The average Bonchev–Trinajstić information content (AvgIpc) is 3.09. The molecule has 0 saturated carbocycles. The van der Waals surface area contributed by atoms with E-state index in [4.69, 9.17) is 16.3 Å². The van der Waals surface area contributed by atoms with E-state index in [1.165, 1.54) is 43.8 Å². The number of nitrogens with zero attached hydrogens (tertiary/aromatic N) is 2. The molecule has 2 aromatic rings. The van der Waals surface area contributed by atoms with Gasteiger partial charge in [0.05, 0.1) is 12.1 Å². The number of hydrogen-bond acceptors (Lipinski definition) is 5. The summed E-state index contributed by atoms with van der Waals surface area (Å²) in [5, 5.41) is 10.2. The van der Waals surface area contributed by atoms with Crippen LogP contribution in [0.5, 0.6) is 17.2 Å². The Morgan fingerprint density at radius 2 is 1.85 bits per heavy atom. The van der Waals surface area contributed by atoms with Gasteiger partial charge in [-0.05, 0) is 35.4 Å². The molecule has 0 unspecified atom stereocenters. The second kappa shape index (κ2) is 7.32. The Morgan fingerprint density at radius 3 is 2.48 bits per heavy atom. The minimum Gasteiger partial charge on any atom is -0.503 e. The number of alkyl halides is 3. The van der Waals surface area contributed by atoms with Gasteiger partial charge in [0.2, 0.25) is 0 Å². The second-order valence-corrected chi connectivity index (χ2v) is 5.75. The third-order valence-electron chi connectivity index (χ3n) is 3.56. The number of aliphatic imine (C=N–C) groups is 2. The van der Waals surface area contributed by atoms with Crippen molar-refractivity contribution < 1.29 is 27.8 Å². The maximum absolute atomic E-state index is 12.5. The molecule has 3 rings (SSSR count). The van der Waals surface area contributed by atoms with E-state index < -0.39 is 12.1 Å². The van der Waals surface area contributed by atoms with Crippen LogP contribution >= 0.6 is 11.6 Å². The smallest absolute Gasteiger partial charge is 0.503 e. The molecular weight excluding hydrogens is 385 g/mol. The van der Waals surface area contributed by atoms with E-state index in [2.05, 4.69) is 14.7 Å². The van der Waals surface area contributed by atoms with Crippen LogP contribution in [0.25, 0.3) is 17.2 Å². The topological polar surface area (TPSA) is 63.4 Å². The van der Waals surface area contributed by atoms with E-state index in [0.29, 0.717) is 22.5 Å². The Morgan fingerprint density at radius 1 is 1.15 bits per heavy atom. The number of phenolic OH excluding ortho intramolecular Hbond substituents is 1. The van der Waals surface area contributed by atoms with Crippen LogP contribution in [0.2, 0.25) is 5.02 Å². The standard InChI is InChI=1S/C18H12ClF3N2O3/c1-26-17-15(10-3-2-4-12(7-10)27-18(20,21)22)11(8-13(19)16(17)25)9-14-23-5-6-24-14/h2-9,25H,1H3. The molecule has 1 N–H and O–H groups in total. The Kier molecular flexibility index (Phi) is 5.09. The molecule has 0 fully saturated rings. The monoisotopic (exact) mass is 396 g/mol. The molecule has 0 aromatic heterocycles. The normalized spacial score (nSPS) is 13.1. The first-order valence-corrected chi connectivity index (χ1v) is 7.90. The van der Waals surface area contributed by atoms with Gasteiger partial charge < -0.3 is 14.6 Å². The maximum atomic E-state index is 12.5. The highest BCUT2D eigenvalue weighted by molar-refractivity contribution is 6.32. The summed E-state index contributed by atoms with van der Waals surface area (Å²) in [5.74, 6) is -0.379. The molecule has 9 heteroatoms. The van der Waals surface area contributed by atoms with Crippen LogP contribution in [-0.4, -0.2) is 31.0 Å². The zero-order valence-electron chi connectivity index (χ0n) is 13.8. The summed E-state index contributed by atoms with van der Waals surface area (Å²) in [4.78, 5) is 8.07. The van der Waals surface area contributed by atoms with Crippen LogP contribution in [0.4, 0.5) is 13.2 Å². The zero-order chi connectivity index (χ0) is 19.6. The minimum absolute atomic E-state index is 0.00413. The molecule has 1 aliphatic rings. The van der Waals surface area contributed by atoms with E-state index in [9.17, 15) is 18.3 Å². The van der Waals surface area contributed by atoms with E-state index in [1.807, 2.05) is 0 Å². The largest absolute Gasteiger partial charge is 0.573 e. The Bertz CT molecular complexity index is 955. The van der Waals surface area contributed by atoms with Gasteiger partial charge in [-0.1, -0.05) is 23.7 Å². The number of aromatic hydroxyl groups is 1. The third-order valence-corrected chi connectivity index (χ3v) is 3.85. The highest BCUT2D eigenvalue weighted by Crippen LogP contribution is 2.46. The summed E-state index contributed by atoms with van der Waals surface area (Å²) in [6.07, 6.45) is -0.283. The Balaban J connectivity index is 2.20. The van der Waals surface area contributed by atoms with Gasteiger partial charge in [-0.2, -0.15) is 0 Å². The number of benzene rings is 2. The fraction of sp³-hybridized carbons (Fsp3) is 0.111. The number of hydrogen-bond donors (Lipinski definition) is 1. The fourth-order valence-corrected chi connectivity index (χ4v) is 2.76. The number of halogens is 4. The van der Waals surface area contributed by atoms with Crippen LogP contribution in [0.3, 0.4) is 0 Å². The average molecular weight is 397 g/mol. The predicted octanol–water partition coefficient (Wildman–Crippen LogP) is 5.07. The van der Waals surface area contributed by atoms with Gasteiger partial charge in [-0.3, -0.25) is 0 Å². The first-order chi connectivity index (χ1) is 12.8. The summed E-state index contributed by atoms with van der Waals surface area (Å²) < 4.78 is 46.9. The molecule has 0 spiro atoms. The molecular formula is C18H12ClF3N2O3. The van der Waals surface area contributed by atoms with Crippen molar-refractivity contribution in [3.05, 3.63) is 46.7 Å². The predicted molar refractivity (Wildman–Crippen MR) is 96.7 cm³/mol. The lowest BCUT2D eigenvalue weighted by molar-refractivity contribution is -0.274. The van der Waals surface area contributed by atoms with Gasteiger partial charge in [-0.25, -0.2) is 9.98 Å². The molecule has 0 bridgehead atoms. The number of ether oxygens (including phenoxy) is 2. The number of methoxy groups -OCH3 is 1. The first-order valence-electron chi connectivity index (χ1n) is 7.52. The van der Waals surface area contributed by atoms with Crippen molar-refractivity contribution in [1.29, 1.82) is 0 Å². The van der Waals surface area contributed by atoms with Gasteiger partial charge in [-0.15, -0.1) is 13.2 Å². The molecule has 140 valence electrons. The number of phenols is 1. The van der Waals surface area contributed by atoms with Crippen molar-refractivity contribution in [3.63, 3.8) is 0 Å². The van der Waals surface area contributed by atoms with E-state index in [-0.39, 0.29) is 16.5 Å². The highest BCUT2D eigenvalue weighted by atomic mass is 35.5. The second-order valence-electron chi connectivity index (χ2n) is 5.34. The van der Waals surface area contributed by atoms with E-state index >= 15 is 0 Å². The first kappa shape index (κ1) is 18.8. The van der Waals surface area contributed by atoms with Gasteiger partial charge >= 0.3 is 6.36 Å². The van der Waals surface area contributed by atoms with E-state index in [0.717, 1.165) is 0 Å². The lowest BCUT2D eigenvalue weighted by Gasteiger charge is -2.16. The molecule has 0 saturated heterocycles. The summed E-state index contributed by atoms with van der Waals surface area (Å²) in [5.41, 5.74) is 1.08. The van der Waals surface area contributed by atoms with Crippen molar-refractivity contribution in [2.24, 2.45) is 9.98 Å². The highest BCUT2D eigenvalue weighted by Gasteiger charge is 2.31. The maximum Gasteiger partial charge on any atom is 0.573 e. The van der Waals surface area contributed by atoms with Crippen LogP contribution in [0.15, 0.2) is 46.1 Å². The van der Waals surface area contributed by atoms with Crippen molar-refractivity contribution in [2.75, 3.05) is 7.11 Å². The molecule has 27 heavy (non-hydrogen) atoms. The number of rotatable bonds is 4. The van der Waals surface area contributed by atoms with Crippen LogP contribution in [0, 0.1) is 0 Å². The molecule has 0 radical (unpaired) electrons. The Hall–Kier alpha value is -3.00. The molecule has 0 amide bonds. The lowest BCUT2D eigenvalue weighted by atomic mass is 9.97. The summed E-state index contributed by atoms with van der Waals surface area (Å²) in [6.45, 7) is 0. The fourth-order valence-electron chi connectivity index (χ4n) is 2.56. The third kappa shape index (κ3) is 4.22. The summed E-state index contributed by atoms with van der Waals surface area (Å²) in [7, 11) is 1.31. The minimum atomic E-state index is -4.83. The van der Waals surface area contributed by atoms with Crippen molar-refractivity contribution in [2.45, 2.75) is 6.36 Å². The molecule has 1 heterocycles. The van der Waals surface area contributed by atoms with Gasteiger partial charge in [0.1, 0.15) is 5.75 Å². The quantitative estimate of drug-likeness (QED) is 0.784. The zero-order valence-corrected chi connectivity index (χ0v) is 14.5. The molecule has 2 aromatic carbocycles. The molecule has 0 aliphatic carbocycles. The summed E-state index contributed by atoms with van der Waals surface area (Å²) >= 11 is 6.05. The van der Waals surface area contributed by atoms with Crippen LogP contribution in [0.1, 0.15) is 5.56 Å².